The molecule has 1 fully saturated rings. The van der Waals surface area contributed by atoms with Gasteiger partial charge in [0, 0.05) is 38.0 Å². The third-order valence-electron chi connectivity index (χ3n) is 5.26. The summed E-state index contributed by atoms with van der Waals surface area (Å²) in [4.78, 5) is 19.0. The van der Waals surface area contributed by atoms with Gasteiger partial charge in [-0.25, -0.2) is 0 Å². The molecular weight excluding hydrogens is 352 g/mol. The van der Waals surface area contributed by atoms with Crippen molar-refractivity contribution < 1.29 is 9.32 Å². The van der Waals surface area contributed by atoms with E-state index in [-0.39, 0.29) is 5.91 Å². The highest BCUT2D eigenvalue weighted by Gasteiger charge is 2.21. The lowest BCUT2D eigenvalue weighted by Gasteiger charge is -2.34. The van der Waals surface area contributed by atoms with E-state index >= 15 is 0 Å². The number of likely N-dealkylation sites (tertiary alicyclic amines) is 1. The molecule has 0 radical (unpaired) electrons. The molecule has 1 saturated heterocycles. The maximum atomic E-state index is 12.1. The number of amides is 1. The van der Waals surface area contributed by atoms with E-state index < -0.39 is 0 Å². The molecule has 1 aromatic heterocycles. The largest absolute Gasteiger partial charge is 0.356 e. The number of carbonyl (C=O) groups excluding carboxylic acids is 1. The van der Waals surface area contributed by atoms with Crippen LogP contribution in [0.5, 0.6) is 0 Å². The van der Waals surface area contributed by atoms with Crippen LogP contribution >= 0.6 is 0 Å². The van der Waals surface area contributed by atoms with Gasteiger partial charge in [-0.15, -0.1) is 0 Å². The molecule has 2 atom stereocenters. The number of aromatic nitrogens is 2. The number of aryl methyl sites for hydroxylation is 2. The van der Waals surface area contributed by atoms with Crippen LogP contribution in [-0.4, -0.2) is 47.1 Å². The second-order valence-electron chi connectivity index (χ2n) is 8.29. The molecule has 1 N–H and O–H groups in total. The molecule has 6 heteroatoms. The molecule has 1 aliphatic heterocycles. The van der Waals surface area contributed by atoms with E-state index in [0.29, 0.717) is 24.6 Å². The van der Waals surface area contributed by atoms with Crippen LogP contribution in [0.2, 0.25) is 0 Å². The van der Waals surface area contributed by atoms with Gasteiger partial charge < -0.3 is 14.7 Å². The minimum atomic E-state index is 0.0375. The normalized spacial score (nSPS) is 20.2. The van der Waals surface area contributed by atoms with Crippen molar-refractivity contribution in [3.05, 3.63) is 35.7 Å². The molecule has 2 unspecified atom stereocenters. The van der Waals surface area contributed by atoms with Crippen LogP contribution in [0.4, 0.5) is 0 Å². The summed E-state index contributed by atoms with van der Waals surface area (Å²) in [6.45, 7) is 10.8. The highest BCUT2D eigenvalue weighted by atomic mass is 16.5. The zero-order valence-electron chi connectivity index (χ0n) is 17.3. The Bertz CT molecular complexity index is 746. The van der Waals surface area contributed by atoms with E-state index in [9.17, 15) is 4.79 Å². The molecule has 28 heavy (non-hydrogen) atoms. The number of nitrogens with zero attached hydrogens (tertiary/aromatic N) is 3. The van der Waals surface area contributed by atoms with Crippen molar-refractivity contribution in [2.24, 2.45) is 11.8 Å². The third-order valence-corrected chi connectivity index (χ3v) is 5.26. The van der Waals surface area contributed by atoms with Crippen molar-refractivity contribution >= 4 is 5.91 Å². The summed E-state index contributed by atoms with van der Waals surface area (Å²) >= 11 is 0. The Labute approximate surface area is 167 Å². The Morgan fingerprint density at radius 1 is 1.21 bits per heavy atom. The summed E-state index contributed by atoms with van der Waals surface area (Å²) in [5, 5.41) is 7.01. The van der Waals surface area contributed by atoms with Crippen LogP contribution in [0, 0.1) is 18.8 Å². The minimum absolute atomic E-state index is 0.0375. The third kappa shape index (κ3) is 6.16. The molecule has 2 heterocycles. The molecule has 6 nitrogen and oxygen atoms in total. The summed E-state index contributed by atoms with van der Waals surface area (Å²) in [7, 11) is 0. The van der Waals surface area contributed by atoms with Gasteiger partial charge in [-0.1, -0.05) is 48.8 Å². The lowest BCUT2D eigenvalue weighted by molar-refractivity contribution is -0.121. The van der Waals surface area contributed by atoms with E-state index in [1.54, 1.807) is 0 Å². The number of hydrogen-bond donors (Lipinski definition) is 1. The zero-order valence-corrected chi connectivity index (χ0v) is 17.3. The van der Waals surface area contributed by atoms with Gasteiger partial charge in [-0.05, 0) is 38.1 Å². The van der Waals surface area contributed by atoms with Crippen LogP contribution in [0.1, 0.15) is 44.6 Å². The predicted octanol–water partition coefficient (Wildman–Crippen LogP) is 3.46. The van der Waals surface area contributed by atoms with Gasteiger partial charge >= 0.3 is 0 Å². The van der Waals surface area contributed by atoms with Crippen molar-refractivity contribution in [1.82, 2.24) is 20.4 Å². The SMILES string of the molecule is Cc1ccc(-c2noc(CCC(=O)NCCCN3CC(C)CC(C)C3)n2)cc1. The first kappa shape index (κ1) is 20.5. The summed E-state index contributed by atoms with van der Waals surface area (Å²) in [6.07, 6.45) is 3.15. The first-order valence-corrected chi connectivity index (χ1v) is 10.4. The van der Waals surface area contributed by atoms with Crippen molar-refractivity contribution in [2.75, 3.05) is 26.2 Å². The molecule has 3 rings (SSSR count). The van der Waals surface area contributed by atoms with Gasteiger partial charge in [0.25, 0.3) is 0 Å². The summed E-state index contributed by atoms with van der Waals surface area (Å²) in [5.41, 5.74) is 2.11. The summed E-state index contributed by atoms with van der Waals surface area (Å²) in [5.74, 6) is 2.66. The van der Waals surface area contributed by atoms with Crippen molar-refractivity contribution in [2.45, 2.75) is 46.5 Å². The highest BCUT2D eigenvalue weighted by molar-refractivity contribution is 5.75. The zero-order chi connectivity index (χ0) is 19.9. The number of carbonyl (C=O) groups is 1. The molecule has 2 aromatic rings. The van der Waals surface area contributed by atoms with Gasteiger partial charge in [0.15, 0.2) is 0 Å². The molecule has 1 aliphatic rings. The second kappa shape index (κ2) is 9.82. The van der Waals surface area contributed by atoms with E-state index in [1.807, 2.05) is 31.2 Å². The van der Waals surface area contributed by atoms with E-state index in [4.69, 9.17) is 4.52 Å². The van der Waals surface area contributed by atoms with Gasteiger partial charge in [0.05, 0.1) is 0 Å². The highest BCUT2D eigenvalue weighted by Crippen LogP contribution is 2.20. The standard InChI is InChI=1S/C22H32N4O2/c1-16-5-7-19(8-6-16)22-24-21(28-25-22)10-9-20(27)23-11-4-12-26-14-17(2)13-18(3)15-26/h5-8,17-18H,4,9-15H2,1-3H3,(H,23,27). The molecular formula is C22H32N4O2. The van der Waals surface area contributed by atoms with Crippen LogP contribution in [0.3, 0.4) is 0 Å². The molecule has 0 bridgehead atoms. The molecule has 0 spiro atoms. The fourth-order valence-electron chi connectivity index (χ4n) is 3.99. The van der Waals surface area contributed by atoms with Gasteiger partial charge in [-0.3, -0.25) is 4.79 Å². The van der Waals surface area contributed by atoms with Crippen LogP contribution in [0.15, 0.2) is 28.8 Å². The smallest absolute Gasteiger partial charge is 0.227 e. The van der Waals surface area contributed by atoms with Crippen LogP contribution in [0.25, 0.3) is 11.4 Å². The Balaban J connectivity index is 1.34. The van der Waals surface area contributed by atoms with Crippen molar-refractivity contribution in [3.8, 4) is 11.4 Å². The predicted molar refractivity (Wildman–Crippen MR) is 110 cm³/mol. The molecule has 152 valence electrons. The molecule has 0 saturated carbocycles. The fraction of sp³-hybridized carbons (Fsp3) is 0.591. The second-order valence-corrected chi connectivity index (χ2v) is 8.29. The van der Waals surface area contributed by atoms with Gasteiger partial charge in [-0.2, -0.15) is 4.98 Å². The molecule has 1 amide bonds. The van der Waals surface area contributed by atoms with E-state index in [1.165, 1.54) is 25.1 Å². The summed E-state index contributed by atoms with van der Waals surface area (Å²) < 4.78 is 5.28. The number of benzene rings is 1. The van der Waals surface area contributed by atoms with Crippen LogP contribution < -0.4 is 5.32 Å². The monoisotopic (exact) mass is 384 g/mol. The average Bonchev–Trinajstić information content (AvgIpc) is 3.12. The topological polar surface area (TPSA) is 71.3 Å². The first-order valence-electron chi connectivity index (χ1n) is 10.4. The van der Waals surface area contributed by atoms with E-state index in [2.05, 4.69) is 34.2 Å². The van der Waals surface area contributed by atoms with Gasteiger partial charge in [0.1, 0.15) is 0 Å². The Kier molecular flexibility index (Phi) is 7.20. The molecule has 0 aliphatic carbocycles. The quantitative estimate of drug-likeness (QED) is 0.706. The number of piperidine rings is 1. The molecule has 1 aromatic carbocycles. The van der Waals surface area contributed by atoms with E-state index in [0.717, 1.165) is 36.9 Å². The number of rotatable bonds is 8. The minimum Gasteiger partial charge on any atom is -0.356 e. The number of nitrogens with one attached hydrogen (secondary N) is 1. The lowest BCUT2D eigenvalue weighted by atomic mass is 9.92. The van der Waals surface area contributed by atoms with Crippen molar-refractivity contribution in [3.63, 3.8) is 0 Å². The number of hydrogen-bond acceptors (Lipinski definition) is 5. The first-order chi connectivity index (χ1) is 13.5. The average molecular weight is 385 g/mol. The summed E-state index contributed by atoms with van der Waals surface area (Å²) in [6, 6.07) is 7.98. The maximum Gasteiger partial charge on any atom is 0.227 e. The Morgan fingerprint density at radius 2 is 1.93 bits per heavy atom. The Hall–Kier alpha value is -2.21. The fourth-order valence-corrected chi connectivity index (χ4v) is 3.99. The maximum absolute atomic E-state index is 12.1. The lowest BCUT2D eigenvalue weighted by Crippen LogP contribution is -2.40. The van der Waals surface area contributed by atoms with Crippen molar-refractivity contribution in [1.29, 1.82) is 0 Å². The van der Waals surface area contributed by atoms with Crippen LogP contribution in [-0.2, 0) is 11.2 Å². The van der Waals surface area contributed by atoms with Gasteiger partial charge in [0.2, 0.25) is 17.6 Å². The Morgan fingerprint density at radius 3 is 2.64 bits per heavy atom.